The zero-order valence-corrected chi connectivity index (χ0v) is 11.0. The van der Waals surface area contributed by atoms with Gasteiger partial charge in [-0.05, 0) is 65.1 Å². The molecule has 3 rings (SSSR count). The standard InChI is InChI=1S/C13H17BrN2/c14-12-3-1-2-11(16-12)8-15-9-13(6-7-13)10-4-5-10/h1-3,10,15H,4-9H2. The number of aromatic nitrogens is 1. The van der Waals surface area contributed by atoms with Crippen LogP contribution in [0.4, 0.5) is 0 Å². The summed E-state index contributed by atoms with van der Waals surface area (Å²) < 4.78 is 0.926. The van der Waals surface area contributed by atoms with Crippen molar-refractivity contribution in [2.75, 3.05) is 6.54 Å². The lowest BCUT2D eigenvalue weighted by Gasteiger charge is -2.14. The lowest BCUT2D eigenvalue weighted by Crippen LogP contribution is -2.25. The molecule has 0 radical (unpaired) electrons. The summed E-state index contributed by atoms with van der Waals surface area (Å²) in [6.07, 6.45) is 5.82. The molecule has 0 amide bonds. The van der Waals surface area contributed by atoms with Crippen LogP contribution < -0.4 is 5.32 Å². The Kier molecular flexibility index (Phi) is 2.76. The molecule has 3 heteroatoms. The number of pyridine rings is 1. The second-order valence-corrected chi connectivity index (χ2v) is 6.00. The molecule has 1 aromatic heterocycles. The van der Waals surface area contributed by atoms with E-state index in [9.17, 15) is 0 Å². The van der Waals surface area contributed by atoms with Crippen molar-refractivity contribution >= 4 is 15.9 Å². The summed E-state index contributed by atoms with van der Waals surface area (Å²) in [7, 11) is 0. The van der Waals surface area contributed by atoms with Crippen LogP contribution in [0.5, 0.6) is 0 Å². The van der Waals surface area contributed by atoms with Crippen molar-refractivity contribution in [3.05, 3.63) is 28.5 Å². The van der Waals surface area contributed by atoms with Crippen molar-refractivity contribution in [1.82, 2.24) is 10.3 Å². The summed E-state index contributed by atoms with van der Waals surface area (Å²) in [6, 6.07) is 6.09. The van der Waals surface area contributed by atoms with Crippen LogP contribution in [0.1, 0.15) is 31.4 Å². The van der Waals surface area contributed by atoms with Crippen molar-refractivity contribution in [1.29, 1.82) is 0 Å². The SMILES string of the molecule is Brc1cccc(CNCC2(C3CC3)CC2)n1. The number of hydrogen-bond donors (Lipinski definition) is 1. The lowest BCUT2D eigenvalue weighted by atomic mass is 10.0. The van der Waals surface area contributed by atoms with Crippen LogP contribution in [-0.4, -0.2) is 11.5 Å². The van der Waals surface area contributed by atoms with E-state index in [1.54, 1.807) is 0 Å². The second kappa shape index (κ2) is 4.11. The molecule has 0 aliphatic heterocycles. The molecule has 0 spiro atoms. The summed E-state index contributed by atoms with van der Waals surface area (Å²) in [4.78, 5) is 4.43. The van der Waals surface area contributed by atoms with Gasteiger partial charge in [0, 0.05) is 13.1 Å². The third-order valence-electron chi connectivity index (χ3n) is 3.89. The first kappa shape index (κ1) is 10.7. The van der Waals surface area contributed by atoms with Crippen molar-refractivity contribution in [2.24, 2.45) is 11.3 Å². The van der Waals surface area contributed by atoms with Gasteiger partial charge in [0.2, 0.25) is 0 Å². The van der Waals surface area contributed by atoms with E-state index < -0.39 is 0 Å². The fourth-order valence-electron chi connectivity index (χ4n) is 2.57. The minimum atomic E-state index is 0.687. The Morgan fingerprint density at radius 1 is 1.38 bits per heavy atom. The topological polar surface area (TPSA) is 24.9 Å². The van der Waals surface area contributed by atoms with Gasteiger partial charge in [-0.25, -0.2) is 4.98 Å². The number of nitrogens with one attached hydrogen (secondary N) is 1. The predicted molar refractivity (Wildman–Crippen MR) is 68.0 cm³/mol. The predicted octanol–water partition coefficient (Wildman–Crippen LogP) is 3.12. The van der Waals surface area contributed by atoms with Crippen LogP contribution in [0.3, 0.4) is 0 Å². The molecule has 0 aromatic carbocycles. The quantitative estimate of drug-likeness (QED) is 0.839. The smallest absolute Gasteiger partial charge is 0.106 e. The first-order valence-electron chi connectivity index (χ1n) is 6.11. The summed E-state index contributed by atoms with van der Waals surface area (Å²) in [5.74, 6) is 1.04. The Morgan fingerprint density at radius 2 is 2.19 bits per heavy atom. The van der Waals surface area contributed by atoms with Gasteiger partial charge < -0.3 is 5.32 Å². The molecule has 0 atom stereocenters. The van der Waals surface area contributed by atoms with E-state index in [0.717, 1.165) is 22.8 Å². The molecule has 16 heavy (non-hydrogen) atoms. The van der Waals surface area contributed by atoms with E-state index in [-0.39, 0.29) is 0 Å². The van der Waals surface area contributed by atoms with Crippen LogP contribution in [0.15, 0.2) is 22.8 Å². The van der Waals surface area contributed by atoms with Gasteiger partial charge in [-0.1, -0.05) is 6.07 Å². The molecule has 0 bridgehead atoms. The van der Waals surface area contributed by atoms with Gasteiger partial charge in [-0.15, -0.1) is 0 Å². The third-order valence-corrected chi connectivity index (χ3v) is 4.33. The van der Waals surface area contributed by atoms with Crippen LogP contribution in [0.25, 0.3) is 0 Å². The van der Waals surface area contributed by atoms with Gasteiger partial charge >= 0.3 is 0 Å². The Bertz CT molecular complexity index is 383. The number of rotatable bonds is 5. The molecular formula is C13H17BrN2. The maximum Gasteiger partial charge on any atom is 0.106 e. The minimum Gasteiger partial charge on any atom is -0.311 e. The van der Waals surface area contributed by atoms with Gasteiger partial charge in [-0.3, -0.25) is 0 Å². The first-order valence-corrected chi connectivity index (χ1v) is 6.90. The monoisotopic (exact) mass is 280 g/mol. The summed E-state index contributed by atoms with van der Waals surface area (Å²) in [5.41, 5.74) is 1.81. The van der Waals surface area contributed by atoms with E-state index in [1.807, 2.05) is 12.1 Å². The average Bonchev–Trinajstić information content (AvgIpc) is 3.13. The van der Waals surface area contributed by atoms with Gasteiger partial charge in [0.1, 0.15) is 4.60 Å². The van der Waals surface area contributed by atoms with E-state index in [4.69, 9.17) is 0 Å². The average molecular weight is 281 g/mol. The summed E-state index contributed by atoms with van der Waals surface area (Å²) >= 11 is 3.40. The van der Waals surface area contributed by atoms with Gasteiger partial charge in [0.05, 0.1) is 5.69 Å². The first-order chi connectivity index (χ1) is 7.78. The molecule has 1 heterocycles. The molecule has 2 nitrogen and oxygen atoms in total. The van der Waals surface area contributed by atoms with E-state index >= 15 is 0 Å². The molecule has 2 aliphatic carbocycles. The summed E-state index contributed by atoms with van der Waals surface area (Å²) in [6.45, 7) is 2.08. The number of hydrogen-bond acceptors (Lipinski definition) is 2. The largest absolute Gasteiger partial charge is 0.311 e. The fourth-order valence-corrected chi connectivity index (χ4v) is 2.95. The number of halogens is 1. The Morgan fingerprint density at radius 3 is 2.81 bits per heavy atom. The Balaban J connectivity index is 1.50. The van der Waals surface area contributed by atoms with Crippen LogP contribution in [-0.2, 0) is 6.54 Å². The molecular weight excluding hydrogens is 264 g/mol. The maximum absolute atomic E-state index is 4.43. The highest BCUT2D eigenvalue weighted by Gasteiger charge is 2.53. The van der Waals surface area contributed by atoms with Crippen LogP contribution in [0.2, 0.25) is 0 Å². The maximum atomic E-state index is 4.43. The summed E-state index contributed by atoms with van der Waals surface area (Å²) in [5, 5.41) is 3.57. The Hall–Kier alpha value is -0.410. The van der Waals surface area contributed by atoms with E-state index in [2.05, 4.69) is 32.3 Å². The lowest BCUT2D eigenvalue weighted by molar-refractivity contribution is 0.402. The highest BCUT2D eigenvalue weighted by Crippen LogP contribution is 2.60. The zero-order chi connectivity index (χ0) is 11.0. The second-order valence-electron chi connectivity index (χ2n) is 5.19. The molecule has 1 N–H and O–H groups in total. The minimum absolute atomic E-state index is 0.687. The zero-order valence-electron chi connectivity index (χ0n) is 9.38. The van der Waals surface area contributed by atoms with Crippen molar-refractivity contribution < 1.29 is 0 Å². The van der Waals surface area contributed by atoms with Crippen molar-refractivity contribution in [2.45, 2.75) is 32.2 Å². The van der Waals surface area contributed by atoms with Gasteiger partial charge in [0.25, 0.3) is 0 Å². The highest BCUT2D eigenvalue weighted by atomic mass is 79.9. The van der Waals surface area contributed by atoms with Gasteiger partial charge in [0.15, 0.2) is 0 Å². The van der Waals surface area contributed by atoms with Crippen molar-refractivity contribution in [3.63, 3.8) is 0 Å². The highest BCUT2D eigenvalue weighted by molar-refractivity contribution is 9.10. The van der Waals surface area contributed by atoms with Crippen LogP contribution in [0, 0.1) is 11.3 Å². The molecule has 86 valence electrons. The van der Waals surface area contributed by atoms with E-state index in [1.165, 1.54) is 32.2 Å². The van der Waals surface area contributed by atoms with Crippen LogP contribution >= 0.6 is 15.9 Å². The molecule has 0 saturated heterocycles. The number of nitrogens with zero attached hydrogens (tertiary/aromatic N) is 1. The normalized spacial score (nSPS) is 22.1. The van der Waals surface area contributed by atoms with Gasteiger partial charge in [-0.2, -0.15) is 0 Å². The van der Waals surface area contributed by atoms with E-state index in [0.29, 0.717) is 5.41 Å². The third kappa shape index (κ3) is 2.30. The molecule has 2 aliphatic rings. The fraction of sp³-hybridized carbons (Fsp3) is 0.615. The molecule has 2 fully saturated rings. The van der Waals surface area contributed by atoms with Crippen molar-refractivity contribution in [3.8, 4) is 0 Å². The Labute approximate surface area is 105 Å². The molecule has 2 saturated carbocycles. The molecule has 1 aromatic rings. The molecule has 0 unspecified atom stereocenters.